The van der Waals surface area contributed by atoms with Gasteiger partial charge in [-0.15, -0.1) is 0 Å². The van der Waals surface area contributed by atoms with E-state index in [2.05, 4.69) is 4.90 Å². The maximum absolute atomic E-state index is 12.0. The number of hydrogen-bond acceptors (Lipinski definition) is 2. The van der Waals surface area contributed by atoms with Crippen molar-refractivity contribution in [1.82, 2.24) is 14.0 Å². The van der Waals surface area contributed by atoms with Crippen LogP contribution in [0.5, 0.6) is 0 Å². The van der Waals surface area contributed by atoms with E-state index in [1.54, 1.807) is 0 Å². The lowest BCUT2D eigenvalue weighted by Gasteiger charge is -2.26. The molecule has 2 aliphatic rings. The standard InChI is InChI=1S/C13H21N3O/c17-13-15(10-11-16(13)12-4-5-12)9-8-14-6-2-1-3-7-14/h10-12H,1-9H2. The van der Waals surface area contributed by atoms with Crippen LogP contribution in [0.1, 0.15) is 38.1 Å². The average Bonchev–Trinajstić information content (AvgIpc) is 3.13. The van der Waals surface area contributed by atoms with Crippen molar-refractivity contribution in [1.29, 1.82) is 0 Å². The molecule has 0 N–H and O–H groups in total. The molecule has 2 heterocycles. The van der Waals surface area contributed by atoms with E-state index in [1.807, 2.05) is 21.5 Å². The van der Waals surface area contributed by atoms with Crippen molar-refractivity contribution in [3.05, 3.63) is 22.9 Å². The van der Waals surface area contributed by atoms with Gasteiger partial charge in [0.2, 0.25) is 0 Å². The zero-order chi connectivity index (χ0) is 11.7. The minimum Gasteiger partial charge on any atom is -0.302 e. The summed E-state index contributed by atoms with van der Waals surface area (Å²) >= 11 is 0. The monoisotopic (exact) mass is 235 g/mol. The fourth-order valence-corrected chi connectivity index (χ4v) is 2.66. The van der Waals surface area contributed by atoms with Gasteiger partial charge in [-0.25, -0.2) is 4.79 Å². The molecule has 1 aromatic rings. The number of rotatable bonds is 4. The van der Waals surface area contributed by atoms with Gasteiger partial charge in [-0.2, -0.15) is 0 Å². The van der Waals surface area contributed by atoms with Crippen LogP contribution in [0.2, 0.25) is 0 Å². The second kappa shape index (κ2) is 4.69. The topological polar surface area (TPSA) is 30.2 Å². The molecule has 0 atom stereocenters. The Morgan fingerprint density at radius 1 is 1.06 bits per heavy atom. The highest BCUT2D eigenvalue weighted by Crippen LogP contribution is 2.33. The third-order valence-electron chi connectivity index (χ3n) is 3.92. The first-order valence-electron chi connectivity index (χ1n) is 6.84. The first-order valence-corrected chi connectivity index (χ1v) is 6.84. The van der Waals surface area contributed by atoms with Crippen molar-refractivity contribution in [3.8, 4) is 0 Å². The first kappa shape index (κ1) is 11.1. The summed E-state index contributed by atoms with van der Waals surface area (Å²) in [4.78, 5) is 14.5. The fourth-order valence-electron chi connectivity index (χ4n) is 2.66. The van der Waals surface area contributed by atoms with Gasteiger partial charge in [0, 0.05) is 31.5 Å². The van der Waals surface area contributed by atoms with Crippen LogP contribution in [-0.2, 0) is 6.54 Å². The van der Waals surface area contributed by atoms with Crippen LogP contribution in [0.15, 0.2) is 17.2 Å². The number of imidazole rings is 1. The number of nitrogens with zero attached hydrogens (tertiary/aromatic N) is 3. The van der Waals surface area contributed by atoms with Gasteiger partial charge >= 0.3 is 5.69 Å². The van der Waals surface area contributed by atoms with Crippen LogP contribution in [0.4, 0.5) is 0 Å². The molecule has 2 fully saturated rings. The van der Waals surface area contributed by atoms with Crippen molar-refractivity contribution in [2.75, 3.05) is 19.6 Å². The minimum atomic E-state index is 0.185. The summed E-state index contributed by atoms with van der Waals surface area (Å²) in [5, 5.41) is 0. The molecule has 0 bridgehead atoms. The molecule has 0 amide bonds. The van der Waals surface area contributed by atoms with Crippen molar-refractivity contribution < 1.29 is 0 Å². The molecule has 0 unspecified atom stereocenters. The number of aromatic nitrogens is 2. The Bertz CT molecular complexity index is 424. The van der Waals surface area contributed by atoms with E-state index in [0.29, 0.717) is 6.04 Å². The van der Waals surface area contributed by atoms with Crippen molar-refractivity contribution >= 4 is 0 Å². The maximum Gasteiger partial charge on any atom is 0.328 e. The lowest BCUT2D eigenvalue weighted by atomic mass is 10.1. The molecule has 0 aromatic carbocycles. The highest BCUT2D eigenvalue weighted by Gasteiger charge is 2.25. The summed E-state index contributed by atoms with van der Waals surface area (Å²) in [5.74, 6) is 0. The molecule has 4 heteroatoms. The van der Waals surface area contributed by atoms with Gasteiger partial charge in [0.25, 0.3) is 0 Å². The molecule has 4 nitrogen and oxygen atoms in total. The second-order valence-corrected chi connectivity index (χ2v) is 5.31. The SMILES string of the molecule is O=c1n(CCN2CCCCC2)ccn1C1CC1. The quantitative estimate of drug-likeness (QED) is 0.791. The van der Waals surface area contributed by atoms with Gasteiger partial charge < -0.3 is 4.90 Å². The van der Waals surface area contributed by atoms with Crippen LogP contribution in [0.25, 0.3) is 0 Å². The molecule has 1 saturated heterocycles. The Morgan fingerprint density at radius 2 is 1.82 bits per heavy atom. The largest absolute Gasteiger partial charge is 0.328 e. The smallest absolute Gasteiger partial charge is 0.302 e. The van der Waals surface area contributed by atoms with Gasteiger partial charge in [0.1, 0.15) is 0 Å². The fraction of sp³-hybridized carbons (Fsp3) is 0.769. The zero-order valence-electron chi connectivity index (χ0n) is 10.3. The second-order valence-electron chi connectivity index (χ2n) is 5.31. The van der Waals surface area contributed by atoms with Crippen LogP contribution < -0.4 is 5.69 Å². The Balaban J connectivity index is 1.59. The molecule has 1 saturated carbocycles. The molecule has 0 spiro atoms. The van der Waals surface area contributed by atoms with E-state index in [-0.39, 0.29) is 5.69 Å². The first-order chi connectivity index (χ1) is 8.34. The van der Waals surface area contributed by atoms with E-state index in [9.17, 15) is 4.79 Å². The zero-order valence-corrected chi connectivity index (χ0v) is 10.3. The Morgan fingerprint density at radius 3 is 2.53 bits per heavy atom. The van der Waals surface area contributed by atoms with Crippen LogP contribution >= 0.6 is 0 Å². The van der Waals surface area contributed by atoms with Gasteiger partial charge in [0.15, 0.2) is 0 Å². The van der Waals surface area contributed by atoms with Gasteiger partial charge in [0.05, 0.1) is 0 Å². The average molecular weight is 235 g/mol. The summed E-state index contributed by atoms with van der Waals surface area (Å²) in [6, 6.07) is 0.499. The van der Waals surface area contributed by atoms with E-state index in [1.165, 1.54) is 45.2 Å². The maximum atomic E-state index is 12.0. The summed E-state index contributed by atoms with van der Waals surface area (Å²) in [6.07, 6.45) is 10.3. The van der Waals surface area contributed by atoms with Crippen LogP contribution in [0, 0.1) is 0 Å². The van der Waals surface area contributed by atoms with Crippen LogP contribution in [-0.4, -0.2) is 33.7 Å². The van der Waals surface area contributed by atoms with Gasteiger partial charge in [-0.05, 0) is 38.8 Å². The Kier molecular flexibility index (Phi) is 3.05. The third-order valence-corrected chi connectivity index (χ3v) is 3.92. The van der Waals surface area contributed by atoms with Gasteiger partial charge in [-0.3, -0.25) is 9.13 Å². The highest BCUT2D eigenvalue weighted by atomic mass is 16.1. The molecule has 17 heavy (non-hydrogen) atoms. The predicted octanol–water partition coefficient (Wildman–Crippen LogP) is 1.47. The number of piperidine rings is 1. The number of hydrogen-bond donors (Lipinski definition) is 0. The van der Waals surface area contributed by atoms with Crippen molar-refractivity contribution in [3.63, 3.8) is 0 Å². The molecule has 1 aliphatic carbocycles. The third kappa shape index (κ3) is 2.46. The molecule has 0 radical (unpaired) electrons. The van der Waals surface area contributed by atoms with Crippen molar-refractivity contribution in [2.24, 2.45) is 0 Å². The van der Waals surface area contributed by atoms with Crippen LogP contribution in [0.3, 0.4) is 0 Å². The van der Waals surface area contributed by atoms with E-state index >= 15 is 0 Å². The molecule has 1 aromatic heterocycles. The van der Waals surface area contributed by atoms with E-state index in [0.717, 1.165) is 13.1 Å². The molecule has 94 valence electrons. The Hall–Kier alpha value is -1.03. The minimum absolute atomic E-state index is 0.185. The molecular weight excluding hydrogens is 214 g/mol. The normalized spacial score (nSPS) is 21.9. The number of likely N-dealkylation sites (tertiary alicyclic amines) is 1. The summed E-state index contributed by atoms with van der Waals surface area (Å²) in [5.41, 5.74) is 0.185. The van der Waals surface area contributed by atoms with Crippen molar-refractivity contribution in [2.45, 2.75) is 44.7 Å². The van der Waals surface area contributed by atoms with E-state index in [4.69, 9.17) is 0 Å². The lowest BCUT2D eigenvalue weighted by Crippen LogP contribution is -2.34. The van der Waals surface area contributed by atoms with E-state index < -0.39 is 0 Å². The molecular formula is C13H21N3O. The Labute approximate surface area is 102 Å². The lowest BCUT2D eigenvalue weighted by molar-refractivity contribution is 0.220. The predicted molar refractivity (Wildman–Crippen MR) is 67.3 cm³/mol. The molecule has 1 aliphatic heterocycles. The highest BCUT2D eigenvalue weighted by molar-refractivity contribution is 4.91. The van der Waals surface area contributed by atoms with Gasteiger partial charge in [-0.1, -0.05) is 6.42 Å². The summed E-state index contributed by atoms with van der Waals surface area (Å²) < 4.78 is 3.77. The molecule has 3 rings (SSSR count). The summed E-state index contributed by atoms with van der Waals surface area (Å²) in [6.45, 7) is 4.28. The summed E-state index contributed by atoms with van der Waals surface area (Å²) in [7, 11) is 0.